The maximum Gasteiger partial charge on any atom is 0.244 e. The molecule has 0 aliphatic heterocycles. The largest absolute Gasteiger partial charge is 0.357 e. The standard InChI is InChI=1S/C27H28Cl3N3O4S/c1-18-9-7-8-12-20(18)16-32(25(27(35)31-2)13-19-10-5-4-6-11-19)26(34)17-33(38(3,36)37)24-15-22(29)21(28)14-23(24)30/h4-12,14-15,25H,13,16-17H2,1-3H3,(H,31,35)/t25-/m0/s1. The van der Waals surface area contributed by atoms with Crippen molar-refractivity contribution in [2.45, 2.75) is 25.9 Å². The minimum Gasteiger partial charge on any atom is -0.357 e. The van der Waals surface area contributed by atoms with Crippen LogP contribution in [0.5, 0.6) is 0 Å². The van der Waals surface area contributed by atoms with E-state index >= 15 is 0 Å². The van der Waals surface area contributed by atoms with Gasteiger partial charge in [-0.25, -0.2) is 8.42 Å². The lowest BCUT2D eigenvalue weighted by Gasteiger charge is -2.33. The second-order valence-corrected chi connectivity index (χ2v) is 11.9. The van der Waals surface area contributed by atoms with Crippen LogP contribution in [0.15, 0.2) is 66.7 Å². The van der Waals surface area contributed by atoms with Crippen molar-refractivity contribution in [2.75, 3.05) is 24.2 Å². The van der Waals surface area contributed by atoms with Crippen molar-refractivity contribution in [2.24, 2.45) is 0 Å². The summed E-state index contributed by atoms with van der Waals surface area (Å²) in [5.74, 6) is -0.973. The minimum atomic E-state index is -3.99. The number of carbonyl (C=O) groups is 2. The average Bonchev–Trinajstić information content (AvgIpc) is 2.87. The molecule has 0 radical (unpaired) electrons. The van der Waals surface area contributed by atoms with Crippen molar-refractivity contribution in [3.8, 4) is 0 Å². The quantitative estimate of drug-likeness (QED) is 0.330. The first-order chi connectivity index (χ1) is 17.9. The maximum absolute atomic E-state index is 13.9. The van der Waals surface area contributed by atoms with E-state index in [0.717, 1.165) is 27.3 Å². The molecule has 0 aliphatic carbocycles. The van der Waals surface area contributed by atoms with E-state index in [1.165, 1.54) is 24.1 Å². The Labute approximate surface area is 238 Å². The Hall–Kier alpha value is -2.78. The summed E-state index contributed by atoms with van der Waals surface area (Å²) in [4.78, 5) is 28.5. The number of nitrogens with zero attached hydrogens (tertiary/aromatic N) is 2. The van der Waals surface area contributed by atoms with Crippen LogP contribution in [0.4, 0.5) is 5.69 Å². The molecule has 0 aromatic heterocycles. The molecule has 2 amide bonds. The number of halogens is 3. The van der Waals surface area contributed by atoms with Gasteiger partial charge in [-0.2, -0.15) is 0 Å². The van der Waals surface area contributed by atoms with Crippen LogP contribution in [0.25, 0.3) is 0 Å². The SMILES string of the molecule is CNC(=O)[C@H](Cc1ccccc1)N(Cc1ccccc1C)C(=O)CN(c1cc(Cl)c(Cl)cc1Cl)S(C)(=O)=O. The summed E-state index contributed by atoms with van der Waals surface area (Å²) in [6.07, 6.45) is 1.19. The predicted octanol–water partition coefficient (Wildman–Crippen LogP) is 5.11. The molecule has 3 aromatic rings. The fraction of sp³-hybridized carbons (Fsp3) is 0.259. The van der Waals surface area contributed by atoms with Crippen LogP contribution in [-0.2, 0) is 32.6 Å². The molecule has 0 unspecified atom stereocenters. The van der Waals surface area contributed by atoms with Gasteiger partial charge in [0.15, 0.2) is 0 Å². The van der Waals surface area contributed by atoms with Crippen LogP contribution in [-0.4, -0.2) is 51.0 Å². The summed E-state index contributed by atoms with van der Waals surface area (Å²) in [6.45, 7) is 1.39. The highest BCUT2D eigenvalue weighted by Crippen LogP contribution is 2.35. The lowest BCUT2D eigenvalue weighted by Crippen LogP contribution is -2.53. The number of carbonyl (C=O) groups excluding carboxylic acids is 2. The third kappa shape index (κ3) is 7.41. The number of aryl methyl sites for hydroxylation is 1. The molecule has 0 saturated carbocycles. The van der Waals surface area contributed by atoms with Gasteiger partial charge in [-0.3, -0.25) is 13.9 Å². The Morgan fingerprint density at radius 1 is 0.921 bits per heavy atom. The number of nitrogens with one attached hydrogen (secondary N) is 1. The van der Waals surface area contributed by atoms with Gasteiger partial charge in [0, 0.05) is 20.0 Å². The summed E-state index contributed by atoms with van der Waals surface area (Å²) in [7, 11) is -2.50. The first-order valence-electron chi connectivity index (χ1n) is 11.6. The fourth-order valence-corrected chi connectivity index (χ4v) is 5.54. The van der Waals surface area contributed by atoms with Crippen molar-refractivity contribution in [1.29, 1.82) is 0 Å². The summed E-state index contributed by atoms with van der Waals surface area (Å²) in [5.41, 5.74) is 2.60. The number of benzene rings is 3. The van der Waals surface area contributed by atoms with Gasteiger partial charge in [0.25, 0.3) is 0 Å². The van der Waals surface area contributed by atoms with E-state index in [1.807, 2.05) is 61.5 Å². The van der Waals surface area contributed by atoms with E-state index in [2.05, 4.69) is 5.32 Å². The van der Waals surface area contributed by atoms with E-state index < -0.39 is 28.5 Å². The summed E-state index contributed by atoms with van der Waals surface area (Å²) in [5, 5.41) is 2.87. The van der Waals surface area contributed by atoms with Gasteiger partial charge in [-0.05, 0) is 35.7 Å². The van der Waals surface area contributed by atoms with Crippen molar-refractivity contribution in [1.82, 2.24) is 10.2 Å². The summed E-state index contributed by atoms with van der Waals surface area (Å²) >= 11 is 18.5. The summed E-state index contributed by atoms with van der Waals surface area (Å²) in [6, 6.07) is 18.5. The van der Waals surface area contributed by atoms with E-state index in [9.17, 15) is 18.0 Å². The smallest absolute Gasteiger partial charge is 0.244 e. The first kappa shape index (κ1) is 29.8. The van der Waals surface area contributed by atoms with Gasteiger partial charge in [0.1, 0.15) is 12.6 Å². The highest BCUT2D eigenvalue weighted by Gasteiger charge is 2.33. The van der Waals surface area contributed by atoms with E-state index in [0.29, 0.717) is 0 Å². The van der Waals surface area contributed by atoms with Crippen molar-refractivity contribution in [3.05, 3.63) is 98.5 Å². The van der Waals surface area contributed by atoms with Gasteiger partial charge in [0.2, 0.25) is 21.8 Å². The molecule has 3 rings (SSSR count). The number of hydrogen-bond donors (Lipinski definition) is 1. The lowest BCUT2D eigenvalue weighted by atomic mass is 10.0. The topological polar surface area (TPSA) is 86.8 Å². The van der Waals surface area contributed by atoms with Gasteiger partial charge < -0.3 is 10.2 Å². The lowest BCUT2D eigenvalue weighted by molar-refractivity contribution is -0.139. The predicted molar refractivity (Wildman–Crippen MR) is 153 cm³/mol. The number of amides is 2. The maximum atomic E-state index is 13.9. The van der Waals surface area contributed by atoms with Crippen LogP contribution < -0.4 is 9.62 Å². The molecule has 1 atom stereocenters. The Kier molecular flexibility index (Phi) is 10.1. The van der Waals surface area contributed by atoms with E-state index in [1.54, 1.807) is 0 Å². The normalized spacial score (nSPS) is 12.1. The van der Waals surface area contributed by atoms with Crippen molar-refractivity contribution >= 4 is 62.3 Å². The highest BCUT2D eigenvalue weighted by atomic mass is 35.5. The molecule has 0 aliphatic rings. The molecule has 11 heteroatoms. The fourth-order valence-electron chi connectivity index (χ4n) is 3.99. The Morgan fingerprint density at radius 3 is 2.13 bits per heavy atom. The molecular weight excluding hydrogens is 569 g/mol. The highest BCUT2D eigenvalue weighted by molar-refractivity contribution is 7.92. The second kappa shape index (κ2) is 12.8. The Morgan fingerprint density at radius 2 is 1.53 bits per heavy atom. The molecule has 38 heavy (non-hydrogen) atoms. The van der Waals surface area contributed by atoms with Crippen LogP contribution in [0.3, 0.4) is 0 Å². The van der Waals surface area contributed by atoms with Crippen molar-refractivity contribution < 1.29 is 18.0 Å². The minimum absolute atomic E-state index is 0.00677. The first-order valence-corrected chi connectivity index (χ1v) is 14.6. The number of hydrogen-bond acceptors (Lipinski definition) is 4. The molecule has 0 fully saturated rings. The molecule has 0 heterocycles. The zero-order valence-corrected chi connectivity index (χ0v) is 24.2. The van der Waals surface area contributed by atoms with Crippen LogP contribution in [0.2, 0.25) is 15.1 Å². The van der Waals surface area contributed by atoms with Gasteiger partial charge in [0.05, 0.1) is 27.0 Å². The molecule has 202 valence electrons. The van der Waals surface area contributed by atoms with E-state index in [-0.39, 0.29) is 39.6 Å². The molecule has 0 spiro atoms. The zero-order chi connectivity index (χ0) is 28.0. The number of likely N-dealkylation sites (N-methyl/N-ethyl adjacent to an activating group) is 1. The van der Waals surface area contributed by atoms with E-state index in [4.69, 9.17) is 34.8 Å². The third-order valence-electron chi connectivity index (χ3n) is 6.06. The van der Waals surface area contributed by atoms with Crippen molar-refractivity contribution in [3.63, 3.8) is 0 Å². The van der Waals surface area contributed by atoms with Gasteiger partial charge >= 0.3 is 0 Å². The molecule has 3 aromatic carbocycles. The molecule has 0 bridgehead atoms. The monoisotopic (exact) mass is 595 g/mol. The van der Waals surface area contributed by atoms with Crippen LogP contribution in [0.1, 0.15) is 16.7 Å². The number of sulfonamides is 1. The Bertz CT molecular complexity index is 1420. The molecule has 7 nitrogen and oxygen atoms in total. The molecule has 1 N–H and O–H groups in total. The number of rotatable bonds is 10. The molecule has 0 saturated heterocycles. The Balaban J connectivity index is 2.08. The van der Waals surface area contributed by atoms with Crippen LogP contribution >= 0.6 is 34.8 Å². The second-order valence-electron chi connectivity index (χ2n) is 8.76. The summed E-state index contributed by atoms with van der Waals surface area (Å²) < 4.78 is 26.6. The van der Waals surface area contributed by atoms with Gasteiger partial charge in [-0.1, -0.05) is 89.4 Å². The average molecular weight is 597 g/mol. The van der Waals surface area contributed by atoms with Crippen LogP contribution in [0, 0.1) is 6.92 Å². The zero-order valence-electron chi connectivity index (χ0n) is 21.1. The van der Waals surface area contributed by atoms with Gasteiger partial charge in [-0.15, -0.1) is 0 Å². The number of anilines is 1. The molecular formula is C27H28Cl3N3O4S. The third-order valence-corrected chi connectivity index (χ3v) is 8.21.